The van der Waals surface area contributed by atoms with Gasteiger partial charge in [0.15, 0.2) is 6.10 Å². The van der Waals surface area contributed by atoms with E-state index < -0.39 is 18.1 Å². The van der Waals surface area contributed by atoms with Crippen molar-refractivity contribution in [2.24, 2.45) is 5.73 Å². The number of nitrogens with two attached hydrogens (primary N) is 2. The van der Waals surface area contributed by atoms with Gasteiger partial charge in [-0.05, 0) is 0 Å². The second-order valence-electron chi connectivity index (χ2n) is 2.77. The Morgan fingerprint density at radius 3 is 2.60 bits per heavy atom. The Morgan fingerprint density at radius 1 is 1.53 bits per heavy atom. The van der Waals surface area contributed by atoms with Crippen molar-refractivity contribution in [1.82, 2.24) is 9.97 Å². The summed E-state index contributed by atoms with van der Waals surface area (Å²) in [6.07, 6.45) is -2.23. The molecule has 2 unspecified atom stereocenters. The third-order valence-corrected chi connectivity index (χ3v) is 2.00. The molecule has 0 bridgehead atoms. The van der Waals surface area contributed by atoms with E-state index in [1.54, 1.807) is 0 Å². The average molecular weight is 233 g/mol. The fraction of sp³-hybridized carbons (Fsp3) is 0.286. The van der Waals surface area contributed by atoms with E-state index in [2.05, 4.69) is 9.97 Å². The van der Waals surface area contributed by atoms with Crippen LogP contribution in [0.2, 0.25) is 5.15 Å². The number of rotatable bonds is 3. The summed E-state index contributed by atoms with van der Waals surface area (Å²) in [5.41, 5.74) is 10.0. The summed E-state index contributed by atoms with van der Waals surface area (Å²) in [5.74, 6) is -1.15. The molecule has 2 atom stereocenters. The quantitative estimate of drug-likeness (QED) is 0.473. The molecule has 82 valence electrons. The monoisotopic (exact) mass is 232 g/mol. The summed E-state index contributed by atoms with van der Waals surface area (Å²) in [6, 6.07) is 0. The molecule has 0 aliphatic rings. The number of primary amides is 1. The molecule has 7 nitrogen and oxygen atoms in total. The minimum Gasteiger partial charge on any atom is -0.385 e. The number of carbonyl (C=O) groups is 1. The van der Waals surface area contributed by atoms with Gasteiger partial charge < -0.3 is 21.7 Å². The number of hydrogen-bond donors (Lipinski definition) is 4. The van der Waals surface area contributed by atoms with Crippen molar-refractivity contribution in [3.63, 3.8) is 0 Å². The van der Waals surface area contributed by atoms with Crippen LogP contribution in [0.15, 0.2) is 6.20 Å². The van der Waals surface area contributed by atoms with Crippen LogP contribution in [-0.4, -0.2) is 32.2 Å². The summed E-state index contributed by atoms with van der Waals surface area (Å²) in [5, 5.41) is 18.5. The fourth-order valence-corrected chi connectivity index (χ4v) is 1.15. The highest BCUT2D eigenvalue weighted by Gasteiger charge is 2.26. The summed E-state index contributed by atoms with van der Waals surface area (Å²) < 4.78 is 0. The molecule has 0 aliphatic carbocycles. The predicted molar refractivity (Wildman–Crippen MR) is 51.6 cm³/mol. The van der Waals surface area contributed by atoms with Crippen molar-refractivity contribution < 1.29 is 15.0 Å². The topological polar surface area (TPSA) is 135 Å². The molecule has 6 N–H and O–H groups in total. The van der Waals surface area contributed by atoms with Crippen LogP contribution in [0.25, 0.3) is 0 Å². The van der Waals surface area contributed by atoms with Crippen LogP contribution in [0.1, 0.15) is 11.7 Å². The standard InChI is InChI=1S/C7H9ClN4O3/c8-5-2(1-11-7(10)12-5)3(13)4(14)6(9)15/h1,3-4,13-14H,(H2,9,15)(H2,10,11,12). The van der Waals surface area contributed by atoms with E-state index in [-0.39, 0.29) is 16.7 Å². The first-order chi connectivity index (χ1) is 6.93. The first-order valence-electron chi connectivity index (χ1n) is 3.87. The largest absolute Gasteiger partial charge is 0.385 e. The van der Waals surface area contributed by atoms with Crippen molar-refractivity contribution in [2.45, 2.75) is 12.2 Å². The SMILES string of the molecule is NC(=O)C(O)C(O)c1cnc(N)nc1Cl. The van der Waals surface area contributed by atoms with Crippen LogP contribution >= 0.6 is 11.6 Å². The summed E-state index contributed by atoms with van der Waals surface area (Å²) in [7, 11) is 0. The van der Waals surface area contributed by atoms with Crippen LogP contribution in [0, 0.1) is 0 Å². The molecule has 0 saturated heterocycles. The first-order valence-corrected chi connectivity index (χ1v) is 4.24. The summed E-state index contributed by atoms with van der Waals surface area (Å²) >= 11 is 5.62. The molecular weight excluding hydrogens is 224 g/mol. The van der Waals surface area contributed by atoms with E-state index in [4.69, 9.17) is 23.1 Å². The number of halogens is 1. The molecule has 1 heterocycles. The molecular formula is C7H9ClN4O3. The highest BCUT2D eigenvalue weighted by molar-refractivity contribution is 6.30. The van der Waals surface area contributed by atoms with Gasteiger partial charge in [0.1, 0.15) is 11.3 Å². The third kappa shape index (κ3) is 2.52. The van der Waals surface area contributed by atoms with Crippen LogP contribution in [0.3, 0.4) is 0 Å². The predicted octanol–water partition coefficient (Wildman–Crippen LogP) is -1.41. The number of anilines is 1. The Kier molecular flexibility index (Phi) is 3.40. The number of aliphatic hydroxyl groups is 2. The van der Waals surface area contributed by atoms with E-state index in [0.29, 0.717) is 0 Å². The van der Waals surface area contributed by atoms with Crippen LogP contribution in [0.5, 0.6) is 0 Å². The van der Waals surface area contributed by atoms with Crippen molar-refractivity contribution in [2.75, 3.05) is 5.73 Å². The second kappa shape index (κ2) is 4.39. The van der Waals surface area contributed by atoms with Gasteiger partial charge in [-0.1, -0.05) is 11.6 Å². The number of aliphatic hydroxyl groups excluding tert-OH is 2. The molecule has 0 fully saturated rings. The molecule has 0 spiro atoms. The van der Waals surface area contributed by atoms with Crippen molar-refractivity contribution in [1.29, 1.82) is 0 Å². The number of carbonyl (C=O) groups excluding carboxylic acids is 1. The zero-order valence-corrected chi connectivity index (χ0v) is 8.22. The lowest BCUT2D eigenvalue weighted by Gasteiger charge is -2.15. The molecule has 0 aromatic carbocycles. The smallest absolute Gasteiger partial charge is 0.249 e. The lowest BCUT2D eigenvalue weighted by atomic mass is 10.1. The molecule has 8 heteroatoms. The maximum Gasteiger partial charge on any atom is 0.249 e. The molecule has 1 amide bonds. The first kappa shape index (κ1) is 11.6. The zero-order valence-electron chi connectivity index (χ0n) is 7.46. The Morgan fingerprint density at radius 2 is 2.13 bits per heavy atom. The van der Waals surface area contributed by atoms with Gasteiger partial charge in [-0.15, -0.1) is 0 Å². The van der Waals surface area contributed by atoms with Crippen molar-refractivity contribution in [3.8, 4) is 0 Å². The lowest BCUT2D eigenvalue weighted by Crippen LogP contribution is -2.34. The Hall–Kier alpha value is -1.44. The number of nitrogen functional groups attached to an aromatic ring is 1. The Labute approximate surface area is 89.7 Å². The Balaban J connectivity index is 3.01. The van der Waals surface area contributed by atoms with Crippen molar-refractivity contribution in [3.05, 3.63) is 16.9 Å². The molecule has 0 radical (unpaired) electrons. The number of amides is 1. The molecule has 0 saturated carbocycles. The maximum atomic E-state index is 10.6. The van der Waals surface area contributed by atoms with Gasteiger partial charge in [-0.3, -0.25) is 4.79 Å². The fourth-order valence-electron chi connectivity index (χ4n) is 0.907. The highest BCUT2D eigenvalue weighted by Crippen LogP contribution is 2.23. The van der Waals surface area contributed by atoms with Crippen LogP contribution < -0.4 is 11.5 Å². The van der Waals surface area contributed by atoms with Gasteiger partial charge in [0.05, 0.1) is 0 Å². The zero-order chi connectivity index (χ0) is 11.6. The van der Waals surface area contributed by atoms with E-state index in [1.165, 1.54) is 0 Å². The molecule has 1 aromatic heterocycles. The average Bonchev–Trinajstić information content (AvgIpc) is 2.15. The van der Waals surface area contributed by atoms with Gasteiger partial charge in [-0.25, -0.2) is 9.97 Å². The van der Waals surface area contributed by atoms with E-state index in [0.717, 1.165) is 6.20 Å². The van der Waals surface area contributed by atoms with Gasteiger partial charge >= 0.3 is 0 Å². The van der Waals surface area contributed by atoms with E-state index in [1.807, 2.05) is 0 Å². The Bertz CT molecular complexity index is 386. The van der Waals surface area contributed by atoms with Gasteiger partial charge in [0.25, 0.3) is 0 Å². The molecule has 1 rings (SSSR count). The summed E-state index contributed by atoms with van der Waals surface area (Å²) in [6.45, 7) is 0. The minimum atomic E-state index is -1.77. The van der Waals surface area contributed by atoms with Crippen LogP contribution in [0.4, 0.5) is 5.95 Å². The minimum absolute atomic E-state index is 0.0165. The highest BCUT2D eigenvalue weighted by atomic mass is 35.5. The van der Waals surface area contributed by atoms with Gasteiger partial charge in [0.2, 0.25) is 11.9 Å². The van der Waals surface area contributed by atoms with Crippen LogP contribution in [-0.2, 0) is 4.79 Å². The normalized spacial score (nSPS) is 14.6. The van der Waals surface area contributed by atoms with Crippen molar-refractivity contribution >= 4 is 23.5 Å². The molecule has 1 aromatic rings. The van der Waals surface area contributed by atoms with E-state index in [9.17, 15) is 15.0 Å². The lowest BCUT2D eigenvalue weighted by molar-refractivity contribution is -0.131. The van der Waals surface area contributed by atoms with E-state index >= 15 is 0 Å². The maximum absolute atomic E-state index is 10.6. The third-order valence-electron chi connectivity index (χ3n) is 1.70. The van der Waals surface area contributed by atoms with Gasteiger partial charge in [-0.2, -0.15) is 0 Å². The van der Waals surface area contributed by atoms with Gasteiger partial charge in [0, 0.05) is 11.8 Å². The number of nitrogens with zero attached hydrogens (tertiary/aromatic N) is 2. The second-order valence-corrected chi connectivity index (χ2v) is 3.12. The number of hydrogen-bond acceptors (Lipinski definition) is 6. The molecule has 0 aliphatic heterocycles. The summed E-state index contributed by atoms with van der Waals surface area (Å²) in [4.78, 5) is 17.7. The molecule has 15 heavy (non-hydrogen) atoms. The number of aromatic nitrogens is 2.